The molecule has 2 aromatic rings. The molecule has 6 nitrogen and oxygen atoms in total. The zero-order valence-corrected chi connectivity index (χ0v) is 14.1. The molecule has 2 N–H and O–H groups in total. The number of carbonyl (C=O) groups is 1. The Morgan fingerprint density at radius 3 is 2.68 bits per heavy atom. The molecular weight excluding hydrogens is 350 g/mol. The van der Waals surface area contributed by atoms with Gasteiger partial charge in [-0.1, -0.05) is 0 Å². The van der Waals surface area contributed by atoms with Gasteiger partial charge in [0.05, 0.1) is 29.6 Å². The smallest absolute Gasteiger partial charge is 0.342 e. The largest absolute Gasteiger partial charge is 0.496 e. The van der Waals surface area contributed by atoms with Gasteiger partial charge in [0.15, 0.2) is 0 Å². The number of ether oxygens (including phenoxy) is 2. The third-order valence-corrected chi connectivity index (χ3v) is 3.63. The van der Waals surface area contributed by atoms with Crippen molar-refractivity contribution in [2.24, 2.45) is 0 Å². The Morgan fingerprint density at radius 1 is 1.36 bits per heavy atom. The van der Waals surface area contributed by atoms with Crippen LogP contribution >= 0.6 is 15.9 Å². The number of hydrogen-bond acceptors (Lipinski definition) is 6. The summed E-state index contributed by atoms with van der Waals surface area (Å²) in [5.74, 6) is 0.314. The van der Waals surface area contributed by atoms with E-state index in [1.807, 2.05) is 6.07 Å². The Kier molecular flexibility index (Phi) is 4.97. The van der Waals surface area contributed by atoms with Crippen LogP contribution in [0.5, 0.6) is 5.75 Å². The lowest BCUT2D eigenvalue weighted by Gasteiger charge is -2.12. The van der Waals surface area contributed by atoms with E-state index in [1.165, 1.54) is 0 Å². The third-order valence-electron chi connectivity index (χ3n) is 3.01. The van der Waals surface area contributed by atoms with Crippen LogP contribution < -0.4 is 10.5 Å². The van der Waals surface area contributed by atoms with Crippen molar-refractivity contribution < 1.29 is 14.3 Å². The molecule has 116 valence electrons. The van der Waals surface area contributed by atoms with Crippen LogP contribution in [-0.2, 0) is 4.74 Å². The standard InChI is InChI=1S/C15H16BrN3O3/c1-4-22-14(20)12-8(2)18-15(17)19-13(12)9-5-6-11(21-3)10(16)7-9/h5-7H,4H2,1-3H3,(H2,17,18,19). The van der Waals surface area contributed by atoms with Gasteiger partial charge < -0.3 is 15.2 Å². The number of anilines is 1. The number of nitrogens with zero attached hydrogens (tertiary/aromatic N) is 2. The van der Waals surface area contributed by atoms with Crippen molar-refractivity contribution in [3.05, 3.63) is 33.9 Å². The Hall–Kier alpha value is -2.15. The van der Waals surface area contributed by atoms with Gasteiger partial charge in [0.25, 0.3) is 0 Å². The van der Waals surface area contributed by atoms with Crippen molar-refractivity contribution in [3.63, 3.8) is 0 Å². The number of rotatable bonds is 4. The van der Waals surface area contributed by atoms with Crippen molar-refractivity contribution in [1.29, 1.82) is 0 Å². The molecule has 0 unspecified atom stereocenters. The summed E-state index contributed by atoms with van der Waals surface area (Å²) < 4.78 is 11.0. The summed E-state index contributed by atoms with van der Waals surface area (Å²) in [6.45, 7) is 3.72. The molecule has 0 aliphatic rings. The molecular formula is C15H16BrN3O3. The SMILES string of the molecule is CCOC(=O)c1c(C)nc(N)nc1-c1ccc(OC)c(Br)c1. The highest BCUT2D eigenvalue weighted by Crippen LogP contribution is 2.32. The lowest BCUT2D eigenvalue weighted by Crippen LogP contribution is -2.13. The molecule has 0 atom stereocenters. The molecule has 0 amide bonds. The molecule has 22 heavy (non-hydrogen) atoms. The molecule has 7 heteroatoms. The summed E-state index contributed by atoms with van der Waals surface area (Å²) in [4.78, 5) is 20.5. The van der Waals surface area contributed by atoms with Crippen LogP contribution in [0.1, 0.15) is 23.0 Å². The van der Waals surface area contributed by atoms with Crippen molar-refractivity contribution in [3.8, 4) is 17.0 Å². The van der Waals surface area contributed by atoms with Gasteiger partial charge in [0, 0.05) is 5.56 Å². The fraction of sp³-hybridized carbons (Fsp3) is 0.267. The second-order valence-corrected chi connectivity index (χ2v) is 5.31. The van der Waals surface area contributed by atoms with Gasteiger partial charge in [0.2, 0.25) is 5.95 Å². The predicted molar refractivity (Wildman–Crippen MR) is 86.8 cm³/mol. The highest BCUT2D eigenvalue weighted by atomic mass is 79.9. The molecule has 0 aliphatic carbocycles. The lowest BCUT2D eigenvalue weighted by atomic mass is 10.0. The summed E-state index contributed by atoms with van der Waals surface area (Å²) in [5.41, 5.74) is 7.67. The van der Waals surface area contributed by atoms with E-state index in [0.29, 0.717) is 28.3 Å². The van der Waals surface area contributed by atoms with E-state index in [1.54, 1.807) is 33.1 Å². The van der Waals surface area contributed by atoms with E-state index < -0.39 is 5.97 Å². The topological polar surface area (TPSA) is 87.3 Å². The maximum absolute atomic E-state index is 12.2. The van der Waals surface area contributed by atoms with E-state index in [2.05, 4.69) is 25.9 Å². The highest BCUT2D eigenvalue weighted by molar-refractivity contribution is 9.10. The van der Waals surface area contributed by atoms with E-state index in [0.717, 1.165) is 4.47 Å². The maximum Gasteiger partial charge on any atom is 0.342 e. The van der Waals surface area contributed by atoms with Crippen LogP contribution in [-0.4, -0.2) is 29.7 Å². The number of benzene rings is 1. The number of halogens is 1. The summed E-state index contributed by atoms with van der Waals surface area (Å²) in [5, 5.41) is 0. The minimum absolute atomic E-state index is 0.104. The normalized spacial score (nSPS) is 10.4. The Labute approximate surface area is 136 Å². The minimum Gasteiger partial charge on any atom is -0.496 e. The van der Waals surface area contributed by atoms with Crippen LogP contribution in [0.3, 0.4) is 0 Å². The fourth-order valence-electron chi connectivity index (χ4n) is 2.06. The summed E-state index contributed by atoms with van der Waals surface area (Å²) in [7, 11) is 1.58. The molecule has 0 saturated heterocycles. The fourth-order valence-corrected chi connectivity index (χ4v) is 2.61. The zero-order chi connectivity index (χ0) is 16.3. The van der Waals surface area contributed by atoms with Gasteiger partial charge in [-0.05, 0) is 48.0 Å². The molecule has 0 bridgehead atoms. The van der Waals surface area contributed by atoms with E-state index >= 15 is 0 Å². The van der Waals surface area contributed by atoms with E-state index in [9.17, 15) is 4.79 Å². The molecule has 2 rings (SSSR count). The minimum atomic E-state index is -0.470. The lowest BCUT2D eigenvalue weighted by molar-refractivity contribution is 0.0525. The summed E-state index contributed by atoms with van der Waals surface area (Å²) in [6, 6.07) is 5.39. The second kappa shape index (κ2) is 6.74. The van der Waals surface area contributed by atoms with Gasteiger partial charge >= 0.3 is 5.97 Å². The molecule has 1 aromatic heterocycles. The Balaban J connectivity index is 2.63. The average Bonchev–Trinajstić information content (AvgIpc) is 2.46. The van der Waals surface area contributed by atoms with Gasteiger partial charge in [-0.15, -0.1) is 0 Å². The van der Waals surface area contributed by atoms with Gasteiger partial charge in [-0.2, -0.15) is 0 Å². The van der Waals surface area contributed by atoms with E-state index in [-0.39, 0.29) is 12.6 Å². The second-order valence-electron chi connectivity index (χ2n) is 4.46. The molecule has 0 aliphatic heterocycles. The average molecular weight is 366 g/mol. The highest BCUT2D eigenvalue weighted by Gasteiger charge is 2.21. The number of nitrogen functional groups attached to an aromatic ring is 1. The predicted octanol–water partition coefficient (Wildman–Crippen LogP) is 2.98. The monoisotopic (exact) mass is 365 g/mol. The van der Waals surface area contributed by atoms with Crippen molar-refractivity contribution in [2.75, 3.05) is 19.5 Å². The molecule has 1 heterocycles. The third kappa shape index (κ3) is 3.19. The van der Waals surface area contributed by atoms with Crippen molar-refractivity contribution in [2.45, 2.75) is 13.8 Å². The maximum atomic E-state index is 12.2. The number of carbonyl (C=O) groups excluding carboxylic acids is 1. The first-order valence-corrected chi connectivity index (χ1v) is 7.42. The number of nitrogens with two attached hydrogens (primary N) is 1. The van der Waals surface area contributed by atoms with Gasteiger partial charge in [0.1, 0.15) is 11.3 Å². The van der Waals surface area contributed by atoms with Crippen molar-refractivity contribution in [1.82, 2.24) is 9.97 Å². The first-order chi connectivity index (χ1) is 10.5. The van der Waals surface area contributed by atoms with Crippen molar-refractivity contribution >= 4 is 27.8 Å². The number of methoxy groups -OCH3 is 1. The zero-order valence-electron chi connectivity index (χ0n) is 12.5. The molecule has 0 spiro atoms. The quantitative estimate of drug-likeness (QED) is 0.837. The number of hydrogen-bond donors (Lipinski definition) is 1. The Bertz CT molecular complexity index is 719. The van der Waals surface area contributed by atoms with Crippen LogP contribution in [0.15, 0.2) is 22.7 Å². The van der Waals surface area contributed by atoms with Crippen LogP contribution in [0.4, 0.5) is 5.95 Å². The van der Waals surface area contributed by atoms with Crippen LogP contribution in [0.2, 0.25) is 0 Å². The molecule has 0 saturated carbocycles. The van der Waals surface area contributed by atoms with Gasteiger partial charge in [-0.25, -0.2) is 14.8 Å². The Morgan fingerprint density at radius 2 is 2.09 bits per heavy atom. The molecule has 1 aromatic carbocycles. The first kappa shape index (κ1) is 16.2. The number of aromatic nitrogens is 2. The molecule has 0 radical (unpaired) electrons. The number of esters is 1. The number of aryl methyl sites for hydroxylation is 1. The van der Waals surface area contributed by atoms with Crippen LogP contribution in [0, 0.1) is 6.92 Å². The van der Waals surface area contributed by atoms with E-state index in [4.69, 9.17) is 15.2 Å². The van der Waals surface area contributed by atoms with Crippen LogP contribution in [0.25, 0.3) is 11.3 Å². The summed E-state index contributed by atoms with van der Waals surface area (Å²) in [6.07, 6.45) is 0. The first-order valence-electron chi connectivity index (χ1n) is 6.63. The van der Waals surface area contributed by atoms with Gasteiger partial charge in [-0.3, -0.25) is 0 Å². The molecule has 0 fully saturated rings. The summed E-state index contributed by atoms with van der Waals surface area (Å²) >= 11 is 3.42.